The van der Waals surface area contributed by atoms with E-state index in [9.17, 15) is 9.59 Å². The molecular weight excluding hydrogens is 312 g/mol. The summed E-state index contributed by atoms with van der Waals surface area (Å²) in [6.07, 6.45) is 1.54. The summed E-state index contributed by atoms with van der Waals surface area (Å²) < 4.78 is 1.90. The van der Waals surface area contributed by atoms with Crippen LogP contribution in [0.25, 0.3) is 0 Å². The summed E-state index contributed by atoms with van der Waals surface area (Å²) in [5, 5.41) is 11.8. The number of carbonyl (C=O) groups excluding carboxylic acids is 2. The number of ketones is 1. The molecule has 0 saturated carbocycles. The van der Waals surface area contributed by atoms with Crippen LogP contribution in [0.5, 0.6) is 0 Å². The molecule has 0 atom stereocenters. The number of aryl methyl sites for hydroxylation is 1. The average Bonchev–Trinajstić information content (AvgIpc) is 2.90. The maximum atomic E-state index is 12.1. The average molecular weight is 332 g/mol. The normalized spacial score (nSPS) is 10.5. The zero-order valence-electron chi connectivity index (χ0n) is 13.3. The number of benzene rings is 1. The second-order valence-electron chi connectivity index (χ2n) is 5.12. The molecule has 7 heteroatoms. The quantitative estimate of drug-likeness (QED) is 0.453. The van der Waals surface area contributed by atoms with E-state index in [1.807, 2.05) is 41.9 Å². The number of nitrogens with one attached hydrogen (secondary N) is 1. The van der Waals surface area contributed by atoms with Crippen LogP contribution in [-0.4, -0.2) is 38.8 Å². The fraction of sp³-hybridized carbons (Fsp3) is 0.375. The van der Waals surface area contributed by atoms with Gasteiger partial charge < -0.3 is 9.88 Å². The Kier molecular flexibility index (Phi) is 6.34. The van der Waals surface area contributed by atoms with E-state index < -0.39 is 0 Å². The van der Waals surface area contributed by atoms with Gasteiger partial charge in [0, 0.05) is 32.5 Å². The molecule has 0 unspecified atom stereocenters. The number of amides is 1. The molecule has 0 aliphatic rings. The van der Waals surface area contributed by atoms with Gasteiger partial charge in [-0.3, -0.25) is 9.59 Å². The van der Waals surface area contributed by atoms with Crippen molar-refractivity contribution in [2.75, 3.05) is 12.3 Å². The topological polar surface area (TPSA) is 76.9 Å². The summed E-state index contributed by atoms with van der Waals surface area (Å²) in [6.45, 7) is 2.12. The Morgan fingerprint density at radius 2 is 1.96 bits per heavy atom. The van der Waals surface area contributed by atoms with Crippen LogP contribution in [0.4, 0.5) is 0 Å². The Hall–Kier alpha value is -2.15. The molecular formula is C16H20N4O2S. The van der Waals surface area contributed by atoms with Gasteiger partial charge in [0.1, 0.15) is 5.82 Å². The molecule has 1 amide bonds. The highest BCUT2D eigenvalue weighted by atomic mass is 32.2. The Bertz CT molecular complexity index is 670. The van der Waals surface area contributed by atoms with Crippen molar-refractivity contribution in [3.8, 4) is 0 Å². The Balaban J connectivity index is 1.84. The first-order chi connectivity index (χ1) is 11.1. The predicted octanol–water partition coefficient (Wildman–Crippen LogP) is 1.86. The summed E-state index contributed by atoms with van der Waals surface area (Å²) in [7, 11) is 1.89. The molecule has 1 aromatic carbocycles. The molecule has 0 aliphatic heterocycles. The number of aromatic nitrogens is 3. The van der Waals surface area contributed by atoms with Gasteiger partial charge in [0.2, 0.25) is 5.91 Å². The van der Waals surface area contributed by atoms with Crippen LogP contribution in [-0.2, 0) is 18.3 Å². The van der Waals surface area contributed by atoms with Gasteiger partial charge >= 0.3 is 0 Å². The maximum Gasteiger partial charge on any atom is 0.216 e. The minimum Gasteiger partial charge on any atom is -0.356 e. The lowest BCUT2D eigenvalue weighted by atomic mass is 10.2. The van der Waals surface area contributed by atoms with Crippen LogP contribution in [0.1, 0.15) is 29.5 Å². The highest BCUT2D eigenvalue weighted by Gasteiger charge is 2.12. The Morgan fingerprint density at radius 1 is 1.22 bits per heavy atom. The Labute approximate surface area is 139 Å². The summed E-state index contributed by atoms with van der Waals surface area (Å²) in [5.74, 6) is 1.23. The first kappa shape index (κ1) is 17.2. The smallest absolute Gasteiger partial charge is 0.216 e. The molecule has 0 radical (unpaired) electrons. The largest absolute Gasteiger partial charge is 0.356 e. The molecule has 2 aromatic rings. The van der Waals surface area contributed by atoms with Crippen LogP contribution in [0.2, 0.25) is 0 Å². The van der Waals surface area contributed by atoms with E-state index in [1.54, 1.807) is 0 Å². The molecule has 1 N–H and O–H groups in total. The molecule has 1 heterocycles. The van der Waals surface area contributed by atoms with Crippen molar-refractivity contribution >= 4 is 23.5 Å². The summed E-state index contributed by atoms with van der Waals surface area (Å²) in [6, 6.07) is 9.22. The second kappa shape index (κ2) is 8.47. The van der Waals surface area contributed by atoms with Gasteiger partial charge in [-0.05, 0) is 6.42 Å². The van der Waals surface area contributed by atoms with Crippen LogP contribution in [0, 0.1) is 0 Å². The third kappa shape index (κ3) is 5.21. The highest BCUT2D eigenvalue weighted by Crippen LogP contribution is 2.17. The zero-order chi connectivity index (χ0) is 16.7. The van der Waals surface area contributed by atoms with Crippen molar-refractivity contribution in [3.63, 3.8) is 0 Å². The molecule has 0 saturated heterocycles. The lowest BCUT2D eigenvalue weighted by Gasteiger charge is -2.04. The van der Waals surface area contributed by atoms with Crippen molar-refractivity contribution < 1.29 is 9.59 Å². The standard InChI is InChI=1S/C16H20N4O2S/c1-12(21)17-10-6-9-15-18-19-16(20(15)2)23-11-14(22)13-7-4-3-5-8-13/h3-5,7-8H,6,9-11H2,1-2H3,(H,17,21). The van der Waals surface area contributed by atoms with Crippen LogP contribution in [0.15, 0.2) is 35.5 Å². The van der Waals surface area contributed by atoms with Gasteiger partial charge in [-0.2, -0.15) is 0 Å². The van der Waals surface area contributed by atoms with Gasteiger partial charge in [0.25, 0.3) is 0 Å². The lowest BCUT2D eigenvalue weighted by Crippen LogP contribution is -2.21. The Morgan fingerprint density at radius 3 is 2.65 bits per heavy atom. The molecule has 0 aliphatic carbocycles. The van der Waals surface area contributed by atoms with E-state index in [2.05, 4.69) is 15.5 Å². The van der Waals surface area contributed by atoms with E-state index in [0.717, 1.165) is 23.8 Å². The number of thioether (sulfide) groups is 1. The SMILES string of the molecule is CC(=O)NCCCc1nnc(SCC(=O)c2ccccc2)n1C. The third-order valence-electron chi connectivity index (χ3n) is 3.30. The van der Waals surface area contributed by atoms with Crippen molar-refractivity contribution in [3.05, 3.63) is 41.7 Å². The minimum absolute atomic E-state index is 0.0290. The highest BCUT2D eigenvalue weighted by molar-refractivity contribution is 7.99. The maximum absolute atomic E-state index is 12.1. The summed E-state index contributed by atoms with van der Waals surface area (Å²) in [5.41, 5.74) is 0.706. The fourth-order valence-electron chi connectivity index (χ4n) is 2.04. The summed E-state index contributed by atoms with van der Waals surface area (Å²) in [4.78, 5) is 22.9. The zero-order valence-corrected chi connectivity index (χ0v) is 14.1. The van der Waals surface area contributed by atoms with Crippen LogP contribution >= 0.6 is 11.8 Å². The van der Waals surface area contributed by atoms with Gasteiger partial charge in [-0.25, -0.2) is 0 Å². The van der Waals surface area contributed by atoms with E-state index in [4.69, 9.17) is 0 Å². The molecule has 0 fully saturated rings. The van der Waals surface area contributed by atoms with Crippen LogP contribution in [0.3, 0.4) is 0 Å². The van der Waals surface area contributed by atoms with Crippen molar-refractivity contribution in [2.24, 2.45) is 7.05 Å². The van der Waals surface area contributed by atoms with E-state index >= 15 is 0 Å². The molecule has 6 nitrogen and oxygen atoms in total. The molecule has 122 valence electrons. The fourth-order valence-corrected chi connectivity index (χ4v) is 2.86. The molecule has 23 heavy (non-hydrogen) atoms. The third-order valence-corrected chi connectivity index (χ3v) is 4.32. The van der Waals surface area contributed by atoms with Gasteiger partial charge in [-0.1, -0.05) is 42.1 Å². The van der Waals surface area contributed by atoms with Crippen molar-refractivity contribution in [1.29, 1.82) is 0 Å². The number of rotatable bonds is 8. The monoisotopic (exact) mass is 332 g/mol. The lowest BCUT2D eigenvalue weighted by molar-refractivity contribution is -0.118. The first-order valence-corrected chi connectivity index (χ1v) is 8.40. The van der Waals surface area contributed by atoms with Gasteiger partial charge in [0.05, 0.1) is 5.75 Å². The first-order valence-electron chi connectivity index (χ1n) is 7.41. The number of nitrogens with zero attached hydrogens (tertiary/aromatic N) is 3. The van der Waals surface area contributed by atoms with E-state index in [0.29, 0.717) is 17.9 Å². The number of carbonyl (C=O) groups is 2. The molecule has 0 spiro atoms. The molecule has 0 bridgehead atoms. The van der Waals surface area contributed by atoms with Crippen molar-refractivity contribution in [1.82, 2.24) is 20.1 Å². The van der Waals surface area contributed by atoms with E-state index in [-0.39, 0.29) is 11.7 Å². The van der Waals surface area contributed by atoms with Crippen molar-refractivity contribution in [2.45, 2.75) is 24.9 Å². The number of hydrogen-bond donors (Lipinski definition) is 1. The second-order valence-corrected chi connectivity index (χ2v) is 6.06. The number of Topliss-reactive ketones (excluding diaryl/α,β-unsaturated/α-hetero) is 1. The minimum atomic E-state index is -0.0290. The molecule has 1 aromatic heterocycles. The van der Waals surface area contributed by atoms with Gasteiger partial charge in [-0.15, -0.1) is 10.2 Å². The van der Waals surface area contributed by atoms with Gasteiger partial charge in [0.15, 0.2) is 10.9 Å². The summed E-state index contributed by atoms with van der Waals surface area (Å²) >= 11 is 1.38. The molecule has 2 rings (SSSR count). The van der Waals surface area contributed by atoms with E-state index in [1.165, 1.54) is 18.7 Å². The predicted molar refractivity (Wildman–Crippen MR) is 89.5 cm³/mol. The number of hydrogen-bond acceptors (Lipinski definition) is 5. The van der Waals surface area contributed by atoms with Crippen LogP contribution < -0.4 is 5.32 Å².